The summed E-state index contributed by atoms with van der Waals surface area (Å²) in [5.74, 6) is 0.663. The molecule has 0 unspecified atom stereocenters. The van der Waals surface area contributed by atoms with Gasteiger partial charge in [0.25, 0.3) is 0 Å². The summed E-state index contributed by atoms with van der Waals surface area (Å²) < 4.78 is 0. The SMILES string of the molecule is CCC(CC)c1cccc(Cl)c1O. The number of benzene rings is 1. The fraction of sp³-hybridized carbons (Fsp3) is 0.455. The maximum atomic E-state index is 9.70. The van der Waals surface area contributed by atoms with Gasteiger partial charge in [-0.1, -0.05) is 37.6 Å². The van der Waals surface area contributed by atoms with Gasteiger partial charge in [-0.25, -0.2) is 0 Å². The Morgan fingerprint density at radius 1 is 1.31 bits per heavy atom. The first kappa shape index (κ1) is 10.4. The van der Waals surface area contributed by atoms with Crippen LogP contribution in [0.15, 0.2) is 18.2 Å². The molecule has 0 aliphatic rings. The van der Waals surface area contributed by atoms with Crippen LogP contribution in [0.3, 0.4) is 0 Å². The predicted octanol–water partition coefficient (Wildman–Crippen LogP) is 3.95. The van der Waals surface area contributed by atoms with E-state index in [0.717, 1.165) is 18.4 Å². The van der Waals surface area contributed by atoms with E-state index in [-0.39, 0.29) is 5.75 Å². The number of hydrogen-bond acceptors (Lipinski definition) is 1. The summed E-state index contributed by atoms with van der Waals surface area (Å²) in [5.41, 5.74) is 0.970. The minimum atomic E-state index is 0.248. The number of phenolic OH excluding ortho intramolecular Hbond substituents is 1. The molecule has 0 heterocycles. The van der Waals surface area contributed by atoms with Crippen molar-refractivity contribution >= 4 is 11.6 Å². The molecule has 1 nitrogen and oxygen atoms in total. The molecule has 0 fully saturated rings. The monoisotopic (exact) mass is 198 g/mol. The van der Waals surface area contributed by atoms with Gasteiger partial charge in [-0.05, 0) is 30.4 Å². The third-order valence-electron chi connectivity index (χ3n) is 2.44. The largest absolute Gasteiger partial charge is 0.506 e. The molecule has 0 aliphatic carbocycles. The second kappa shape index (κ2) is 4.52. The fourth-order valence-corrected chi connectivity index (χ4v) is 1.77. The Morgan fingerprint density at radius 2 is 1.92 bits per heavy atom. The zero-order chi connectivity index (χ0) is 9.84. The van der Waals surface area contributed by atoms with Crippen LogP contribution in [0.5, 0.6) is 5.75 Å². The highest BCUT2D eigenvalue weighted by Crippen LogP contribution is 2.35. The molecule has 0 saturated carbocycles. The zero-order valence-electron chi connectivity index (χ0n) is 8.05. The molecule has 0 spiro atoms. The van der Waals surface area contributed by atoms with Crippen LogP contribution in [0.2, 0.25) is 5.02 Å². The van der Waals surface area contributed by atoms with Crippen LogP contribution < -0.4 is 0 Å². The minimum absolute atomic E-state index is 0.248. The molecule has 0 atom stereocenters. The van der Waals surface area contributed by atoms with Crippen molar-refractivity contribution in [1.82, 2.24) is 0 Å². The summed E-state index contributed by atoms with van der Waals surface area (Å²) >= 11 is 5.82. The second-order valence-electron chi connectivity index (χ2n) is 3.19. The van der Waals surface area contributed by atoms with Crippen LogP contribution in [-0.4, -0.2) is 5.11 Å². The van der Waals surface area contributed by atoms with Gasteiger partial charge in [-0.15, -0.1) is 0 Å². The Bertz CT molecular complexity index is 279. The number of halogens is 1. The highest BCUT2D eigenvalue weighted by atomic mass is 35.5. The Balaban J connectivity index is 3.05. The van der Waals surface area contributed by atoms with Crippen LogP contribution >= 0.6 is 11.6 Å². The Morgan fingerprint density at radius 3 is 2.46 bits per heavy atom. The lowest BCUT2D eigenvalue weighted by atomic mass is 9.93. The molecule has 0 bridgehead atoms. The molecule has 1 rings (SSSR count). The second-order valence-corrected chi connectivity index (χ2v) is 3.60. The van der Waals surface area contributed by atoms with Gasteiger partial charge in [0.2, 0.25) is 0 Å². The topological polar surface area (TPSA) is 20.2 Å². The minimum Gasteiger partial charge on any atom is -0.506 e. The smallest absolute Gasteiger partial charge is 0.137 e. The van der Waals surface area contributed by atoms with Crippen molar-refractivity contribution in [3.63, 3.8) is 0 Å². The Kier molecular flexibility index (Phi) is 3.61. The van der Waals surface area contributed by atoms with Crippen molar-refractivity contribution in [2.24, 2.45) is 0 Å². The third-order valence-corrected chi connectivity index (χ3v) is 2.75. The normalized spacial score (nSPS) is 10.8. The molecular formula is C11H15ClO. The lowest BCUT2D eigenvalue weighted by Gasteiger charge is -2.14. The average Bonchev–Trinajstić information content (AvgIpc) is 2.14. The molecule has 1 aromatic carbocycles. The lowest BCUT2D eigenvalue weighted by Crippen LogP contribution is -1.95. The molecule has 0 saturated heterocycles. The molecule has 0 aliphatic heterocycles. The van der Waals surface area contributed by atoms with E-state index in [1.807, 2.05) is 12.1 Å². The number of para-hydroxylation sites is 1. The molecule has 13 heavy (non-hydrogen) atoms. The van der Waals surface area contributed by atoms with E-state index < -0.39 is 0 Å². The van der Waals surface area contributed by atoms with Gasteiger partial charge in [-0.3, -0.25) is 0 Å². The first-order chi connectivity index (χ1) is 6.20. The van der Waals surface area contributed by atoms with Gasteiger partial charge in [0.15, 0.2) is 0 Å². The van der Waals surface area contributed by atoms with Crippen LogP contribution in [0, 0.1) is 0 Å². The Hall–Kier alpha value is -0.690. The summed E-state index contributed by atoms with van der Waals surface area (Å²) in [7, 11) is 0. The van der Waals surface area contributed by atoms with E-state index in [2.05, 4.69) is 13.8 Å². The van der Waals surface area contributed by atoms with Gasteiger partial charge >= 0.3 is 0 Å². The highest BCUT2D eigenvalue weighted by Gasteiger charge is 2.12. The van der Waals surface area contributed by atoms with Crippen molar-refractivity contribution in [3.8, 4) is 5.75 Å². The first-order valence-corrected chi connectivity index (χ1v) is 5.05. The maximum absolute atomic E-state index is 9.70. The summed E-state index contributed by atoms with van der Waals surface area (Å²) in [6, 6.07) is 5.54. The quantitative estimate of drug-likeness (QED) is 0.780. The summed E-state index contributed by atoms with van der Waals surface area (Å²) in [5, 5.41) is 10.1. The van der Waals surface area contributed by atoms with E-state index in [0.29, 0.717) is 10.9 Å². The first-order valence-electron chi connectivity index (χ1n) is 4.68. The van der Waals surface area contributed by atoms with Gasteiger partial charge in [-0.2, -0.15) is 0 Å². The van der Waals surface area contributed by atoms with Crippen molar-refractivity contribution in [2.45, 2.75) is 32.6 Å². The molecule has 0 aromatic heterocycles. The molecular weight excluding hydrogens is 184 g/mol. The molecule has 0 amide bonds. The standard InChI is InChI=1S/C11H15ClO/c1-3-8(4-2)9-6-5-7-10(12)11(9)13/h5-8,13H,3-4H2,1-2H3. The van der Waals surface area contributed by atoms with Gasteiger partial charge in [0, 0.05) is 0 Å². The Labute approximate surface area is 84.4 Å². The number of aromatic hydroxyl groups is 1. The molecule has 72 valence electrons. The van der Waals surface area contributed by atoms with Crippen molar-refractivity contribution in [2.75, 3.05) is 0 Å². The molecule has 1 aromatic rings. The lowest BCUT2D eigenvalue weighted by molar-refractivity contribution is 0.457. The number of rotatable bonds is 3. The molecule has 2 heteroatoms. The van der Waals surface area contributed by atoms with Crippen LogP contribution in [-0.2, 0) is 0 Å². The van der Waals surface area contributed by atoms with Crippen LogP contribution in [0.4, 0.5) is 0 Å². The summed E-state index contributed by atoms with van der Waals surface area (Å²) in [4.78, 5) is 0. The van der Waals surface area contributed by atoms with Gasteiger partial charge < -0.3 is 5.11 Å². The van der Waals surface area contributed by atoms with Crippen molar-refractivity contribution in [1.29, 1.82) is 0 Å². The van der Waals surface area contributed by atoms with E-state index in [4.69, 9.17) is 11.6 Å². The number of hydrogen-bond donors (Lipinski definition) is 1. The predicted molar refractivity (Wildman–Crippen MR) is 56.4 cm³/mol. The van der Waals surface area contributed by atoms with Crippen molar-refractivity contribution in [3.05, 3.63) is 28.8 Å². The van der Waals surface area contributed by atoms with E-state index in [9.17, 15) is 5.11 Å². The number of phenols is 1. The maximum Gasteiger partial charge on any atom is 0.137 e. The van der Waals surface area contributed by atoms with Crippen molar-refractivity contribution < 1.29 is 5.11 Å². The average molecular weight is 199 g/mol. The van der Waals surface area contributed by atoms with E-state index >= 15 is 0 Å². The van der Waals surface area contributed by atoms with Gasteiger partial charge in [0.1, 0.15) is 5.75 Å². The summed E-state index contributed by atoms with van der Waals surface area (Å²) in [6.07, 6.45) is 2.06. The van der Waals surface area contributed by atoms with E-state index in [1.165, 1.54) is 0 Å². The van der Waals surface area contributed by atoms with Crippen LogP contribution in [0.25, 0.3) is 0 Å². The van der Waals surface area contributed by atoms with Crippen LogP contribution in [0.1, 0.15) is 38.2 Å². The summed E-state index contributed by atoms with van der Waals surface area (Å²) in [6.45, 7) is 4.24. The molecule has 0 radical (unpaired) electrons. The molecule has 1 N–H and O–H groups in total. The van der Waals surface area contributed by atoms with Gasteiger partial charge in [0.05, 0.1) is 5.02 Å². The van der Waals surface area contributed by atoms with E-state index in [1.54, 1.807) is 6.07 Å². The fourth-order valence-electron chi connectivity index (χ4n) is 1.59. The third kappa shape index (κ3) is 2.16. The highest BCUT2D eigenvalue weighted by molar-refractivity contribution is 6.32. The zero-order valence-corrected chi connectivity index (χ0v) is 8.80.